The minimum Gasteiger partial charge on any atom is -0.309 e. The van der Waals surface area contributed by atoms with Crippen molar-refractivity contribution in [3.8, 4) is 39.1 Å². The lowest BCUT2D eigenvalue weighted by molar-refractivity contribution is 1.18. The first-order chi connectivity index (χ1) is 20.8. The van der Waals surface area contributed by atoms with E-state index >= 15 is 0 Å². The third kappa shape index (κ3) is 2.92. The highest BCUT2D eigenvalue weighted by atomic mass is 32.1. The number of hydrogen-bond acceptors (Lipinski definition) is 1. The van der Waals surface area contributed by atoms with Gasteiger partial charge in [-0.1, -0.05) is 97.1 Å². The van der Waals surface area contributed by atoms with Crippen LogP contribution in [0.25, 0.3) is 91.8 Å². The lowest BCUT2D eigenvalue weighted by Crippen LogP contribution is -1.93. The Morgan fingerprint density at radius 2 is 1.14 bits per heavy atom. The van der Waals surface area contributed by atoms with Gasteiger partial charge in [0.2, 0.25) is 0 Å². The maximum absolute atomic E-state index is 2.43. The number of benzene rings is 7. The Morgan fingerprint density at radius 3 is 2.00 bits per heavy atom. The molecule has 0 unspecified atom stereocenters. The molecule has 0 atom stereocenters. The van der Waals surface area contributed by atoms with Crippen molar-refractivity contribution in [2.75, 3.05) is 0 Å². The Labute approximate surface area is 246 Å². The van der Waals surface area contributed by atoms with E-state index < -0.39 is 0 Å². The SMILES string of the molecule is c1cc2c3c(cccc3c1)-c1cc(-c3ccc(-n4c5ccccc5c5c6c(ccc54)sc4ccccc46)cc3)ccc1-2. The van der Waals surface area contributed by atoms with Gasteiger partial charge in [-0.3, -0.25) is 0 Å². The second-order valence-corrected chi connectivity index (χ2v) is 12.4. The van der Waals surface area contributed by atoms with Gasteiger partial charge in [0.05, 0.1) is 11.0 Å². The van der Waals surface area contributed by atoms with Gasteiger partial charge in [0.15, 0.2) is 0 Å². The largest absolute Gasteiger partial charge is 0.309 e. The van der Waals surface area contributed by atoms with Gasteiger partial charge in [-0.2, -0.15) is 0 Å². The molecular weight excluding hydrogens is 527 g/mol. The normalized spacial score (nSPS) is 12.3. The first-order valence-electron chi connectivity index (χ1n) is 14.4. The number of nitrogens with zero attached hydrogens (tertiary/aromatic N) is 1. The van der Waals surface area contributed by atoms with Gasteiger partial charge in [-0.25, -0.2) is 0 Å². The summed E-state index contributed by atoms with van der Waals surface area (Å²) < 4.78 is 5.12. The predicted octanol–water partition coefficient (Wildman–Crippen LogP) is 11.6. The Kier molecular flexibility index (Phi) is 4.39. The van der Waals surface area contributed by atoms with Crippen LogP contribution in [0.1, 0.15) is 0 Å². The number of para-hydroxylation sites is 1. The zero-order valence-electron chi connectivity index (χ0n) is 22.6. The average Bonchev–Trinajstić information content (AvgIpc) is 3.70. The highest BCUT2D eigenvalue weighted by molar-refractivity contribution is 7.26. The number of aromatic nitrogens is 1. The second-order valence-electron chi connectivity index (χ2n) is 11.3. The van der Waals surface area contributed by atoms with E-state index in [0.29, 0.717) is 0 Å². The summed E-state index contributed by atoms with van der Waals surface area (Å²) in [5.74, 6) is 0. The van der Waals surface area contributed by atoms with Crippen LogP contribution in [-0.4, -0.2) is 4.57 Å². The Morgan fingerprint density at radius 1 is 0.405 bits per heavy atom. The third-order valence-electron chi connectivity index (χ3n) is 9.14. The van der Waals surface area contributed by atoms with Gasteiger partial charge in [0, 0.05) is 36.6 Å². The zero-order chi connectivity index (χ0) is 27.4. The summed E-state index contributed by atoms with van der Waals surface area (Å²) >= 11 is 1.88. The van der Waals surface area contributed by atoms with E-state index in [1.165, 1.54) is 91.8 Å². The summed E-state index contributed by atoms with van der Waals surface area (Å²) in [5.41, 5.74) is 11.5. The van der Waals surface area contributed by atoms with Gasteiger partial charge < -0.3 is 4.57 Å². The standard InChI is InChI=1S/C40H23NS/c1-3-13-34-31(9-1)39-35(21-22-37-40(39)32-10-2-4-14-36(32)42-37)41(34)27-18-15-24(16-19-27)26-17-20-28-29-11-5-7-25-8-6-12-30(38(25)29)33(28)23-26/h1-23H. The summed E-state index contributed by atoms with van der Waals surface area (Å²) in [6, 6.07) is 51.6. The van der Waals surface area contributed by atoms with E-state index in [1.54, 1.807) is 0 Å². The molecule has 0 saturated heterocycles. The van der Waals surface area contributed by atoms with Crippen LogP contribution in [0.5, 0.6) is 0 Å². The van der Waals surface area contributed by atoms with E-state index in [0.717, 1.165) is 0 Å². The molecule has 0 saturated carbocycles. The van der Waals surface area contributed by atoms with Crippen molar-refractivity contribution in [3.05, 3.63) is 140 Å². The lowest BCUT2D eigenvalue weighted by Gasteiger charge is -2.11. The minimum absolute atomic E-state index is 1.18. The molecule has 194 valence electrons. The van der Waals surface area contributed by atoms with E-state index in [2.05, 4.69) is 144 Å². The summed E-state index contributed by atoms with van der Waals surface area (Å²) in [5, 5.41) is 8.05. The third-order valence-corrected chi connectivity index (χ3v) is 10.3. The second kappa shape index (κ2) is 8.19. The molecule has 0 aliphatic heterocycles. The lowest BCUT2D eigenvalue weighted by atomic mass is 9.97. The molecule has 9 aromatic rings. The molecule has 0 radical (unpaired) electrons. The topological polar surface area (TPSA) is 4.93 Å². The summed E-state index contributed by atoms with van der Waals surface area (Å²) in [7, 11) is 0. The van der Waals surface area contributed by atoms with Crippen LogP contribution in [0, 0.1) is 0 Å². The maximum Gasteiger partial charge on any atom is 0.0548 e. The minimum atomic E-state index is 1.18. The Bertz CT molecular complexity index is 2560. The summed E-state index contributed by atoms with van der Waals surface area (Å²) in [6.07, 6.45) is 0. The molecule has 0 fully saturated rings. The Balaban J connectivity index is 1.14. The van der Waals surface area contributed by atoms with Crippen molar-refractivity contribution in [3.63, 3.8) is 0 Å². The maximum atomic E-state index is 2.43. The molecule has 10 rings (SSSR count). The molecule has 2 heterocycles. The smallest absolute Gasteiger partial charge is 0.0548 e. The molecule has 2 heteroatoms. The molecule has 0 spiro atoms. The quantitative estimate of drug-likeness (QED) is 0.202. The van der Waals surface area contributed by atoms with Gasteiger partial charge in [-0.05, 0) is 86.6 Å². The Hall–Kier alpha value is -5.18. The molecule has 1 nitrogen and oxygen atoms in total. The fraction of sp³-hybridized carbons (Fsp3) is 0. The van der Waals surface area contributed by atoms with E-state index in [1.807, 2.05) is 11.3 Å². The molecule has 7 aromatic carbocycles. The summed E-state index contributed by atoms with van der Waals surface area (Å²) in [4.78, 5) is 0. The number of thiophene rings is 1. The van der Waals surface area contributed by atoms with Gasteiger partial charge >= 0.3 is 0 Å². The van der Waals surface area contributed by atoms with E-state index in [4.69, 9.17) is 0 Å². The van der Waals surface area contributed by atoms with E-state index in [-0.39, 0.29) is 0 Å². The molecule has 0 amide bonds. The molecule has 1 aliphatic carbocycles. The van der Waals surface area contributed by atoms with Crippen molar-refractivity contribution in [2.24, 2.45) is 0 Å². The monoisotopic (exact) mass is 549 g/mol. The van der Waals surface area contributed by atoms with Crippen LogP contribution in [0.4, 0.5) is 0 Å². The number of hydrogen-bond donors (Lipinski definition) is 0. The fourth-order valence-corrected chi connectivity index (χ4v) is 8.44. The first-order valence-corrected chi connectivity index (χ1v) is 15.3. The van der Waals surface area contributed by atoms with Crippen LogP contribution in [0.3, 0.4) is 0 Å². The van der Waals surface area contributed by atoms with Crippen LogP contribution >= 0.6 is 11.3 Å². The summed E-state index contributed by atoms with van der Waals surface area (Å²) in [6.45, 7) is 0. The van der Waals surface area contributed by atoms with Crippen molar-refractivity contribution in [1.29, 1.82) is 0 Å². The number of fused-ring (bicyclic) bond motifs is 10. The first kappa shape index (κ1) is 22.5. The predicted molar refractivity (Wildman–Crippen MR) is 181 cm³/mol. The van der Waals surface area contributed by atoms with Crippen molar-refractivity contribution < 1.29 is 0 Å². The molecule has 42 heavy (non-hydrogen) atoms. The fourth-order valence-electron chi connectivity index (χ4n) is 7.33. The van der Waals surface area contributed by atoms with Crippen molar-refractivity contribution in [1.82, 2.24) is 4.57 Å². The van der Waals surface area contributed by atoms with E-state index in [9.17, 15) is 0 Å². The van der Waals surface area contributed by atoms with Gasteiger partial charge in [-0.15, -0.1) is 11.3 Å². The molecule has 1 aliphatic rings. The van der Waals surface area contributed by atoms with Crippen LogP contribution in [-0.2, 0) is 0 Å². The highest BCUT2D eigenvalue weighted by Gasteiger charge is 2.22. The van der Waals surface area contributed by atoms with Gasteiger partial charge in [0.25, 0.3) is 0 Å². The highest BCUT2D eigenvalue weighted by Crippen LogP contribution is 2.48. The zero-order valence-corrected chi connectivity index (χ0v) is 23.5. The molecule has 0 N–H and O–H groups in total. The average molecular weight is 550 g/mol. The molecule has 0 bridgehead atoms. The van der Waals surface area contributed by atoms with Gasteiger partial charge in [0.1, 0.15) is 0 Å². The van der Waals surface area contributed by atoms with Crippen LogP contribution in [0.2, 0.25) is 0 Å². The van der Waals surface area contributed by atoms with Crippen LogP contribution in [0.15, 0.2) is 140 Å². The molecular formula is C40H23NS. The van der Waals surface area contributed by atoms with Crippen LogP contribution < -0.4 is 0 Å². The number of rotatable bonds is 2. The van der Waals surface area contributed by atoms with Crippen molar-refractivity contribution >= 4 is 64.1 Å². The molecule has 2 aromatic heterocycles. The van der Waals surface area contributed by atoms with Crippen molar-refractivity contribution in [2.45, 2.75) is 0 Å².